The monoisotopic (exact) mass is 561 g/mol. The van der Waals surface area contributed by atoms with E-state index >= 15 is 0 Å². The average Bonchev–Trinajstić information content (AvgIpc) is 3.15. The molecule has 1 aromatic heterocycles. The number of amides is 4. The molecule has 1 fully saturated rings. The van der Waals surface area contributed by atoms with E-state index < -0.39 is 17.8 Å². The topological polar surface area (TPSA) is 71.4 Å². The molecule has 0 radical (unpaired) electrons. The van der Waals surface area contributed by atoms with Gasteiger partial charge in [-0.15, -0.1) is 0 Å². The first-order chi connectivity index (χ1) is 13.9. The molecular weight excluding hydrogens is 549 g/mol. The van der Waals surface area contributed by atoms with E-state index in [1.165, 1.54) is 6.08 Å². The van der Waals surface area contributed by atoms with Gasteiger partial charge in [-0.05, 0) is 89.3 Å². The van der Waals surface area contributed by atoms with E-state index in [9.17, 15) is 14.4 Å². The minimum atomic E-state index is -0.771. The number of hydrogen-bond acceptors (Lipinski definition) is 3. The van der Waals surface area contributed by atoms with E-state index in [4.69, 9.17) is 0 Å². The maximum Gasteiger partial charge on any atom is 0.335 e. The first-order valence-corrected chi connectivity index (χ1v) is 10.4. The van der Waals surface area contributed by atoms with Crippen LogP contribution in [-0.4, -0.2) is 22.4 Å². The molecule has 0 saturated carbocycles. The van der Waals surface area contributed by atoms with Crippen LogP contribution in [0.5, 0.6) is 0 Å². The highest BCUT2D eigenvalue weighted by atomic mass is 127. The number of benzene rings is 2. The van der Waals surface area contributed by atoms with Gasteiger partial charge >= 0.3 is 6.03 Å². The van der Waals surface area contributed by atoms with Gasteiger partial charge in [0.15, 0.2) is 0 Å². The van der Waals surface area contributed by atoms with E-state index in [-0.39, 0.29) is 5.57 Å². The molecule has 0 atom stereocenters. The first kappa shape index (κ1) is 19.6. The molecule has 3 aromatic rings. The molecular formula is C21H13BrIN3O3. The summed E-state index contributed by atoms with van der Waals surface area (Å²) in [6, 6.07) is 17.4. The summed E-state index contributed by atoms with van der Waals surface area (Å²) in [7, 11) is 0. The van der Waals surface area contributed by atoms with Crippen molar-refractivity contribution in [1.29, 1.82) is 0 Å². The Balaban J connectivity index is 1.73. The highest BCUT2D eigenvalue weighted by Gasteiger charge is 2.36. The van der Waals surface area contributed by atoms with Crippen LogP contribution in [0.1, 0.15) is 5.69 Å². The smallest absolute Gasteiger partial charge is 0.317 e. The molecule has 29 heavy (non-hydrogen) atoms. The number of barbiturate groups is 1. The summed E-state index contributed by atoms with van der Waals surface area (Å²) in [5, 5.41) is 2.24. The number of nitrogens with one attached hydrogen (secondary N) is 1. The maximum atomic E-state index is 13.0. The molecule has 2 heterocycles. The number of urea groups is 1. The van der Waals surface area contributed by atoms with Crippen molar-refractivity contribution in [1.82, 2.24) is 9.88 Å². The normalized spacial score (nSPS) is 15.7. The second kappa shape index (κ2) is 7.96. The minimum Gasteiger partial charge on any atom is -0.317 e. The number of hydrogen-bond donors (Lipinski definition) is 1. The van der Waals surface area contributed by atoms with Crippen molar-refractivity contribution in [2.45, 2.75) is 0 Å². The van der Waals surface area contributed by atoms with Gasteiger partial charge in [0.2, 0.25) is 0 Å². The van der Waals surface area contributed by atoms with Gasteiger partial charge in [-0.3, -0.25) is 14.9 Å². The number of carbonyl (C=O) groups excluding carboxylic acids is 3. The third-order valence-corrected chi connectivity index (χ3v) is 5.61. The fraction of sp³-hybridized carbons (Fsp3) is 0. The van der Waals surface area contributed by atoms with Crippen LogP contribution >= 0.6 is 38.5 Å². The summed E-state index contributed by atoms with van der Waals surface area (Å²) in [6.45, 7) is 0. The average molecular weight is 562 g/mol. The zero-order valence-electron chi connectivity index (χ0n) is 14.8. The molecule has 2 aromatic carbocycles. The van der Waals surface area contributed by atoms with E-state index in [0.717, 1.165) is 18.6 Å². The van der Waals surface area contributed by atoms with E-state index in [2.05, 4.69) is 43.8 Å². The highest BCUT2D eigenvalue weighted by molar-refractivity contribution is 14.1. The van der Waals surface area contributed by atoms with Crippen LogP contribution in [0.25, 0.3) is 11.8 Å². The molecule has 1 aliphatic rings. The fourth-order valence-electron chi connectivity index (χ4n) is 2.98. The van der Waals surface area contributed by atoms with Gasteiger partial charge in [0.05, 0.1) is 5.69 Å². The molecule has 0 aliphatic carbocycles. The number of halogens is 2. The quantitative estimate of drug-likeness (QED) is 0.290. The third-order valence-electron chi connectivity index (χ3n) is 4.36. The predicted octanol–water partition coefficient (Wildman–Crippen LogP) is 4.51. The lowest BCUT2D eigenvalue weighted by molar-refractivity contribution is -0.122. The first-order valence-electron chi connectivity index (χ1n) is 8.54. The van der Waals surface area contributed by atoms with Crippen molar-refractivity contribution in [2.75, 3.05) is 4.90 Å². The van der Waals surface area contributed by atoms with E-state index in [1.807, 2.05) is 41.1 Å². The van der Waals surface area contributed by atoms with Crippen molar-refractivity contribution >= 4 is 68.1 Å². The number of carbonyl (C=O) groups is 3. The Hall–Kier alpha value is -2.72. The van der Waals surface area contributed by atoms with Gasteiger partial charge in [0.25, 0.3) is 11.8 Å². The van der Waals surface area contributed by atoms with Crippen LogP contribution in [0.15, 0.2) is 76.9 Å². The van der Waals surface area contributed by atoms with Gasteiger partial charge in [-0.1, -0.05) is 15.9 Å². The Morgan fingerprint density at radius 2 is 1.55 bits per heavy atom. The van der Waals surface area contributed by atoms with Crippen molar-refractivity contribution < 1.29 is 14.4 Å². The zero-order valence-corrected chi connectivity index (χ0v) is 18.5. The standard InChI is InChI=1S/C21H13BrIN3O3/c22-13-3-7-16(8-4-13)26-20(28)18(19(27)24-21(26)29)12-17-2-1-11-25(17)15-9-5-14(23)6-10-15/h1-12H,(H,24,27,29)/b18-12+. The number of rotatable bonds is 3. The number of imide groups is 2. The van der Waals surface area contributed by atoms with Crippen LogP contribution < -0.4 is 10.2 Å². The van der Waals surface area contributed by atoms with Crippen LogP contribution in [-0.2, 0) is 9.59 Å². The van der Waals surface area contributed by atoms with Gasteiger partial charge in [0, 0.05) is 25.6 Å². The van der Waals surface area contributed by atoms with E-state index in [0.29, 0.717) is 11.4 Å². The van der Waals surface area contributed by atoms with Gasteiger partial charge in [0.1, 0.15) is 5.57 Å². The molecule has 0 spiro atoms. The Labute approximate surface area is 188 Å². The Kier molecular flexibility index (Phi) is 5.37. The second-order valence-corrected chi connectivity index (χ2v) is 8.38. The molecule has 144 valence electrons. The fourth-order valence-corrected chi connectivity index (χ4v) is 3.60. The number of nitrogens with zero attached hydrogens (tertiary/aromatic N) is 2. The Morgan fingerprint density at radius 3 is 2.24 bits per heavy atom. The number of anilines is 1. The highest BCUT2D eigenvalue weighted by Crippen LogP contribution is 2.24. The van der Waals surface area contributed by atoms with Crippen LogP contribution in [0.3, 0.4) is 0 Å². The molecule has 0 bridgehead atoms. The third kappa shape index (κ3) is 3.90. The summed E-state index contributed by atoms with van der Waals surface area (Å²) in [5.74, 6) is -1.39. The minimum absolute atomic E-state index is 0.113. The molecule has 1 saturated heterocycles. The van der Waals surface area contributed by atoms with Crippen molar-refractivity contribution in [2.24, 2.45) is 0 Å². The SMILES string of the molecule is O=C1NC(=O)N(c2ccc(Br)cc2)C(=O)/C1=C/c1cccn1-c1ccc(I)cc1. The van der Waals surface area contributed by atoms with Crippen molar-refractivity contribution in [3.8, 4) is 5.69 Å². The van der Waals surface area contributed by atoms with Crippen molar-refractivity contribution in [3.63, 3.8) is 0 Å². The molecule has 0 unspecified atom stereocenters. The molecule has 1 N–H and O–H groups in total. The summed E-state index contributed by atoms with van der Waals surface area (Å²) in [5.41, 5.74) is 1.81. The zero-order chi connectivity index (χ0) is 20.5. The Morgan fingerprint density at radius 1 is 0.897 bits per heavy atom. The summed E-state index contributed by atoms with van der Waals surface area (Å²) >= 11 is 5.55. The van der Waals surface area contributed by atoms with Crippen LogP contribution in [0.4, 0.5) is 10.5 Å². The van der Waals surface area contributed by atoms with Gasteiger partial charge in [-0.25, -0.2) is 9.69 Å². The second-order valence-electron chi connectivity index (χ2n) is 6.21. The van der Waals surface area contributed by atoms with Crippen molar-refractivity contribution in [3.05, 3.63) is 86.2 Å². The lowest BCUT2D eigenvalue weighted by Crippen LogP contribution is -2.54. The largest absolute Gasteiger partial charge is 0.335 e. The van der Waals surface area contributed by atoms with Gasteiger partial charge < -0.3 is 4.57 Å². The van der Waals surface area contributed by atoms with E-state index in [1.54, 1.807) is 30.3 Å². The summed E-state index contributed by atoms with van der Waals surface area (Å²) in [6.07, 6.45) is 3.34. The molecule has 4 amide bonds. The molecule has 1 aliphatic heterocycles. The van der Waals surface area contributed by atoms with Gasteiger partial charge in [-0.2, -0.15) is 0 Å². The predicted molar refractivity (Wildman–Crippen MR) is 122 cm³/mol. The van der Waals surface area contributed by atoms with Crippen LogP contribution in [0.2, 0.25) is 0 Å². The maximum absolute atomic E-state index is 13.0. The summed E-state index contributed by atoms with van der Waals surface area (Å²) < 4.78 is 3.78. The molecule has 8 heteroatoms. The lowest BCUT2D eigenvalue weighted by Gasteiger charge is -2.26. The summed E-state index contributed by atoms with van der Waals surface area (Å²) in [4.78, 5) is 38.7. The number of aromatic nitrogens is 1. The van der Waals surface area contributed by atoms with Crippen LogP contribution in [0, 0.1) is 3.57 Å². The Bertz CT molecular complexity index is 1150. The molecule has 4 rings (SSSR count). The lowest BCUT2D eigenvalue weighted by atomic mass is 10.1. The molecule has 6 nitrogen and oxygen atoms in total.